The van der Waals surface area contributed by atoms with Crippen LogP contribution >= 0.6 is 11.3 Å². The fraction of sp³-hybridized carbons (Fsp3) is 0.421. The maximum atomic E-state index is 12.8. The fourth-order valence-corrected chi connectivity index (χ4v) is 3.46. The zero-order chi connectivity index (χ0) is 21.6. The summed E-state index contributed by atoms with van der Waals surface area (Å²) in [5.41, 5.74) is 0.368. The van der Waals surface area contributed by atoms with Gasteiger partial charge in [-0.2, -0.15) is 13.2 Å². The minimum atomic E-state index is -4.39. The van der Waals surface area contributed by atoms with E-state index >= 15 is 0 Å². The fourth-order valence-electron chi connectivity index (χ4n) is 2.49. The van der Waals surface area contributed by atoms with Crippen LogP contribution in [0.15, 0.2) is 29.3 Å². The van der Waals surface area contributed by atoms with E-state index in [1.165, 1.54) is 17.4 Å². The molecule has 2 aromatic rings. The number of nitrogens with zero attached hydrogens (tertiary/aromatic N) is 2. The molecule has 0 aliphatic heterocycles. The molecule has 0 spiro atoms. The van der Waals surface area contributed by atoms with Crippen LogP contribution in [0.1, 0.15) is 51.4 Å². The van der Waals surface area contributed by atoms with E-state index in [-0.39, 0.29) is 19.2 Å². The molecule has 1 aromatic heterocycles. The van der Waals surface area contributed by atoms with E-state index in [0.717, 1.165) is 12.1 Å². The lowest BCUT2D eigenvalue weighted by molar-refractivity contribution is -0.137. The SMILES string of the molecule is CCOC(=O)c1sc(C(C)NC(=NC)NCc2cccc(C(F)(F)F)c2)nc1C. The number of halogens is 3. The molecule has 0 amide bonds. The van der Waals surface area contributed by atoms with Crippen LogP contribution < -0.4 is 10.6 Å². The third-order valence-corrected chi connectivity index (χ3v) is 5.26. The third-order valence-electron chi connectivity index (χ3n) is 3.94. The largest absolute Gasteiger partial charge is 0.462 e. The quantitative estimate of drug-likeness (QED) is 0.412. The van der Waals surface area contributed by atoms with Crippen LogP contribution in [0.25, 0.3) is 0 Å². The number of ether oxygens (including phenoxy) is 1. The van der Waals surface area contributed by atoms with Crippen molar-refractivity contribution in [3.63, 3.8) is 0 Å². The molecular formula is C19H23F3N4O2S. The molecule has 0 saturated carbocycles. The predicted octanol–water partition coefficient (Wildman–Crippen LogP) is 4.07. The molecule has 1 aromatic carbocycles. The summed E-state index contributed by atoms with van der Waals surface area (Å²) in [4.78, 5) is 20.9. The third kappa shape index (κ3) is 6.18. The van der Waals surface area contributed by atoms with Gasteiger partial charge in [0.1, 0.15) is 9.88 Å². The first-order valence-electron chi connectivity index (χ1n) is 8.93. The first kappa shape index (κ1) is 22.7. The van der Waals surface area contributed by atoms with Gasteiger partial charge in [0.15, 0.2) is 5.96 Å². The van der Waals surface area contributed by atoms with Gasteiger partial charge in [0.25, 0.3) is 0 Å². The lowest BCUT2D eigenvalue weighted by atomic mass is 10.1. The molecule has 0 aliphatic carbocycles. The predicted molar refractivity (Wildman–Crippen MR) is 106 cm³/mol. The van der Waals surface area contributed by atoms with Crippen LogP contribution in [0.5, 0.6) is 0 Å². The van der Waals surface area contributed by atoms with Crippen molar-refractivity contribution in [1.29, 1.82) is 0 Å². The van der Waals surface area contributed by atoms with Gasteiger partial charge in [-0.1, -0.05) is 12.1 Å². The summed E-state index contributed by atoms with van der Waals surface area (Å²) in [5.74, 6) is -0.00606. The summed E-state index contributed by atoms with van der Waals surface area (Å²) >= 11 is 1.23. The molecule has 0 fully saturated rings. The highest BCUT2D eigenvalue weighted by Crippen LogP contribution is 2.29. The number of aromatic nitrogens is 1. The molecule has 29 heavy (non-hydrogen) atoms. The van der Waals surface area contributed by atoms with Gasteiger partial charge in [-0.05, 0) is 38.5 Å². The number of hydrogen-bond donors (Lipinski definition) is 2. The van der Waals surface area contributed by atoms with Crippen molar-refractivity contribution in [1.82, 2.24) is 15.6 Å². The van der Waals surface area contributed by atoms with Crippen LogP contribution in [-0.4, -0.2) is 30.6 Å². The molecule has 6 nitrogen and oxygen atoms in total. The number of alkyl halides is 3. The van der Waals surface area contributed by atoms with Crippen molar-refractivity contribution in [2.24, 2.45) is 4.99 Å². The smallest absolute Gasteiger partial charge is 0.416 e. The Kier molecular flexibility index (Phi) is 7.60. The first-order chi connectivity index (χ1) is 13.7. The van der Waals surface area contributed by atoms with Gasteiger partial charge >= 0.3 is 12.1 Å². The van der Waals surface area contributed by atoms with Crippen LogP contribution in [-0.2, 0) is 17.5 Å². The minimum Gasteiger partial charge on any atom is -0.462 e. The Bertz CT molecular complexity index is 881. The summed E-state index contributed by atoms with van der Waals surface area (Å²) in [6.07, 6.45) is -4.39. The molecule has 158 valence electrons. The summed E-state index contributed by atoms with van der Waals surface area (Å²) in [6, 6.07) is 4.84. The van der Waals surface area contributed by atoms with E-state index in [1.54, 1.807) is 27.0 Å². The second-order valence-electron chi connectivity index (χ2n) is 6.18. The molecule has 0 saturated heterocycles. The molecule has 2 N–H and O–H groups in total. The molecule has 1 atom stereocenters. The van der Waals surface area contributed by atoms with Gasteiger partial charge in [0, 0.05) is 13.6 Å². The number of nitrogens with one attached hydrogen (secondary N) is 2. The van der Waals surface area contributed by atoms with Crippen molar-refractivity contribution < 1.29 is 22.7 Å². The van der Waals surface area contributed by atoms with E-state index in [0.29, 0.717) is 27.1 Å². The monoisotopic (exact) mass is 428 g/mol. The van der Waals surface area contributed by atoms with Crippen LogP contribution in [0.4, 0.5) is 13.2 Å². The van der Waals surface area contributed by atoms with Gasteiger partial charge in [-0.15, -0.1) is 11.3 Å². The molecule has 1 unspecified atom stereocenters. The number of hydrogen-bond acceptors (Lipinski definition) is 5. The van der Waals surface area contributed by atoms with Gasteiger partial charge in [-0.25, -0.2) is 9.78 Å². The number of aryl methyl sites for hydroxylation is 1. The number of rotatable bonds is 6. The number of carbonyl (C=O) groups excluding carboxylic acids is 1. The molecular weight excluding hydrogens is 405 g/mol. The van der Waals surface area contributed by atoms with Crippen LogP contribution in [0, 0.1) is 6.92 Å². The van der Waals surface area contributed by atoms with Gasteiger partial charge in [0.05, 0.1) is 23.9 Å². The number of benzene rings is 1. The molecule has 0 aliphatic rings. The Morgan fingerprint density at radius 1 is 1.38 bits per heavy atom. The Hall–Kier alpha value is -2.62. The molecule has 10 heteroatoms. The van der Waals surface area contributed by atoms with E-state index in [9.17, 15) is 18.0 Å². The highest BCUT2D eigenvalue weighted by molar-refractivity contribution is 7.13. The van der Waals surface area contributed by atoms with E-state index in [1.807, 2.05) is 6.92 Å². The average Bonchev–Trinajstić information content (AvgIpc) is 3.06. The number of carbonyl (C=O) groups is 1. The number of aliphatic imine (C=N–C) groups is 1. The molecule has 1 heterocycles. The Balaban J connectivity index is 2.02. The lowest BCUT2D eigenvalue weighted by Gasteiger charge is -2.16. The number of esters is 1. The Labute approximate surface area is 171 Å². The number of thiazole rings is 1. The topological polar surface area (TPSA) is 75.6 Å². The van der Waals surface area contributed by atoms with Gasteiger partial charge < -0.3 is 15.4 Å². The first-order valence-corrected chi connectivity index (χ1v) is 9.75. The van der Waals surface area contributed by atoms with Gasteiger partial charge in [0.2, 0.25) is 0 Å². The molecule has 2 rings (SSSR count). The highest BCUT2D eigenvalue weighted by atomic mass is 32.1. The van der Waals surface area contributed by atoms with E-state index in [4.69, 9.17) is 4.74 Å². The van der Waals surface area contributed by atoms with Crippen molar-refractivity contribution in [3.8, 4) is 0 Å². The van der Waals surface area contributed by atoms with Crippen LogP contribution in [0.2, 0.25) is 0 Å². The summed E-state index contributed by atoms with van der Waals surface area (Å²) < 4.78 is 43.5. The summed E-state index contributed by atoms with van der Waals surface area (Å²) in [6.45, 7) is 5.77. The lowest BCUT2D eigenvalue weighted by Crippen LogP contribution is -2.38. The average molecular weight is 428 g/mol. The van der Waals surface area contributed by atoms with Crippen molar-refractivity contribution >= 4 is 23.3 Å². The normalized spacial score (nSPS) is 13.1. The summed E-state index contributed by atoms with van der Waals surface area (Å²) in [7, 11) is 1.56. The van der Waals surface area contributed by atoms with E-state index < -0.39 is 17.7 Å². The van der Waals surface area contributed by atoms with Crippen molar-refractivity contribution in [2.75, 3.05) is 13.7 Å². The van der Waals surface area contributed by atoms with Crippen LogP contribution in [0.3, 0.4) is 0 Å². The number of guanidine groups is 1. The zero-order valence-corrected chi connectivity index (χ0v) is 17.4. The highest BCUT2D eigenvalue weighted by Gasteiger charge is 2.30. The zero-order valence-electron chi connectivity index (χ0n) is 16.6. The second-order valence-corrected chi connectivity index (χ2v) is 7.21. The molecule has 0 radical (unpaired) electrons. The minimum absolute atomic E-state index is 0.168. The summed E-state index contributed by atoms with van der Waals surface area (Å²) in [5, 5.41) is 6.78. The maximum absolute atomic E-state index is 12.8. The van der Waals surface area contributed by atoms with E-state index in [2.05, 4.69) is 20.6 Å². The molecule has 0 bridgehead atoms. The standard InChI is InChI=1S/C19H23F3N4O2S/c1-5-28-17(27)15-11(2)25-16(29-15)12(3)26-18(23-4)24-10-13-7-6-8-14(9-13)19(20,21)22/h6-9,12H,5,10H2,1-4H3,(H2,23,24,26). The Morgan fingerprint density at radius 2 is 2.10 bits per heavy atom. The van der Waals surface area contributed by atoms with Gasteiger partial charge in [-0.3, -0.25) is 4.99 Å². The van der Waals surface area contributed by atoms with Crippen molar-refractivity contribution in [2.45, 2.75) is 39.5 Å². The Morgan fingerprint density at radius 3 is 2.72 bits per heavy atom. The van der Waals surface area contributed by atoms with Crippen molar-refractivity contribution in [3.05, 3.63) is 51.0 Å². The second kappa shape index (κ2) is 9.73. The maximum Gasteiger partial charge on any atom is 0.416 e.